The van der Waals surface area contributed by atoms with Crippen molar-refractivity contribution in [3.8, 4) is 0 Å². The number of halogens is 2. The first-order valence-corrected chi connectivity index (χ1v) is 6.46. The fraction of sp³-hybridized carbons (Fsp3) is 0.538. The summed E-state index contributed by atoms with van der Waals surface area (Å²) in [6, 6.07) is 4.80. The van der Waals surface area contributed by atoms with E-state index in [1.165, 1.54) is 12.1 Å². The molecule has 2 atom stereocenters. The van der Waals surface area contributed by atoms with Gasteiger partial charge < -0.3 is 5.73 Å². The molecule has 17 heavy (non-hydrogen) atoms. The van der Waals surface area contributed by atoms with Gasteiger partial charge in [0.2, 0.25) is 0 Å². The average Bonchev–Trinajstić information content (AvgIpc) is 2.62. The molecule has 1 aliphatic heterocycles. The summed E-state index contributed by atoms with van der Waals surface area (Å²) in [4.78, 5) is 2.34. The Morgan fingerprint density at radius 2 is 2.29 bits per heavy atom. The smallest absolute Gasteiger partial charge is 0.124 e. The van der Waals surface area contributed by atoms with Gasteiger partial charge in [-0.1, -0.05) is 24.6 Å². The van der Waals surface area contributed by atoms with Crippen LogP contribution in [0.2, 0.25) is 5.02 Å². The second-order valence-corrected chi connectivity index (χ2v) is 5.01. The van der Waals surface area contributed by atoms with Gasteiger partial charge in [0.25, 0.3) is 0 Å². The molecule has 0 bridgehead atoms. The maximum Gasteiger partial charge on any atom is 0.124 e. The van der Waals surface area contributed by atoms with Gasteiger partial charge in [-0.05, 0) is 37.1 Å². The highest BCUT2D eigenvalue weighted by Gasteiger charge is 2.33. The number of likely N-dealkylation sites (tertiary alicyclic amines) is 1. The van der Waals surface area contributed by atoms with Gasteiger partial charge in [0.1, 0.15) is 5.82 Å². The monoisotopic (exact) mass is 256 g/mol. The quantitative estimate of drug-likeness (QED) is 0.901. The Labute approximate surface area is 107 Å². The van der Waals surface area contributed by atoms with E-state index in [9.17, 15) is 4.39 Å². The molecule has 94 valence electrons. The van der Waals surface area contributed by atoms with Crippen LogP contribution in [0.1, 0.15) is 31.4 Å². The summed E-state index contributed by atoms with van der Waals surface area (Å²) in [5.41, 5.74) is 7.10. The summed E-state index contributed by atoms with van der Waals surface area (Å²) < 4.78 is 13.0. The first-order chi connectivity index (χ1) is 8.13. The Hall–Kier alpha value is -0.640. The second-order valence-electron chi connectivity index (χ2n) is 4.60. The third-order valence-electron chi connectivity index (χ3n) is 3.34. The molecule has 0 aliphatic carbocycles. The van der Waals surface area contributed by atoms with Crippen molar-refractivity contribution >= 4 is 11.6 Å². The van der Waals surface area contributed by atoms with E-state index in [2.05, 4.69) is 11.8 Å². The van der Waals surface area contributed by atoms with Crippen molar-refractivity contribution in [2.24, 2.45) is 5.73 Å². The number of nitrogens with two attached hydrogens (primary N) is 1. The van der Waals surface area contributed by atoms with E-state index in [1.54, 1.807) is 6.07 Å². The zero-order valence-corrected chi connectivity index (χ0v) is 10.8. The fourth-order valence-corrected chi connectivity index (χ4v) is 2.87. The Balaban J connectivity index is 2.29. The highest BCUT2D eigenvalue weighted by Crippen LogP contribution is 2.35. The predicted octanol–water partition coefficient (Wildman–Crippen LogP) is 2.96. The van der Waals surface area contributed by atoms with E-state index in [1.807, 2.05) is 0 Å². The molecular weight excluding hydrogens is 239 g/mol. The minimum Gasteiger partial charge on any atom is -0.326 e. The third kappa shape index (κ3) is 2.62. The van der Waals surface area contributed by atoms with Crippen molar-refractivity contribution in [3.63, 3.8) is 0 Å². The largest absolute Gasteiger partial charge is 0.326 e. The fourth-order valence-electron chi connectivity index (χ4n) is 2.59. The lowest BCUT2D eigenvalue weighted by Crippen LogP contribution is -2.32. The highest BCUT2D eigenvalue weighted by molar-refractivity contribution is 6.31. The predicted molar refractivity (Wildman–Crippen MR) is 68.6 cm³/mol. The Morgan fingerprint density at radius 3 is 2.94 bits per heavy atom. The molecule has 0 spiro atoms. The molecule has 4 heteroatoms. The van der Waals surface area contributed by atoms with Crippen LogP contribution in [0.5, 0.6) is 0 Å². The first-order valence-electron chi connectivity index (χ1n) is 6.08. The lowest BCUT2D eigenvalue weighted by Gasteiger charge is -2.27. The normalized spacial score (nSPS) is 25.4. The summed E-state index contributed by atoms with van der Waals surface area (Å²) in [6.45, 7) is 4.15. The minimum absolute atomic E-state index is 0.0875. The van der Waals surface area contributed by atoms with Crippen LogP contribution in [0.4, 0.5) is 4.39 Å². The maximum absolute atomic E-state index is 13.0. The Bertz CT molecular complexity index is 395. The van der Waals surface area contributed by atoms with Gasteiger partial charge in [-0.3, -0.25) is 4.90 Å². The molecule has 2 nitrogen and oxygen atoms in total. The number of hydrogen-bond donors (Lipinski definition) is 1. The molecule has 2 unspecified atom stereocenters. The Kier molecular flexibility index (Phi) is 4.02. The summed E-state index contributed by atoms with van der Waals surface area (Å²) >= 11 is 6.12. The first kappa shape index (κ1) is 12.8. The van der Waals surface area contributed by atoms with E-state index < -0.39 is 0 Å². The lowest BCUT2D eigenvalue weighted by atomic mass is 10.0. The summed E-state index contributed by atoms with van der Waals surface area (Å²) in [7, 11) is 0. The van der Waals surface area contributed by atoms with Crippen LogP contribution < -0.4 is 5.73 Å². The van der Waals surface area contributed by atoms with E-state index in [0.29, 0.717) is 5.02 Å². The van der Waals surface area contributed by atoms with Crippen LogP contribution >= 0.6 is 11.6 Å². The number of hydrogen-bond acceptors (Lipinski definition) is 2. The van der Waals surface area contributed by atoms with Gasteiger partial charge in [-0.15, -0.1) is 0 Å². The molecule has 2 N–H and O–H groups in total. The molecule has 0 amide bonds. The number of rotatable bonds is 3. The molecule has 1 aromatic carbocycles. The number of benzene rings is 1. The van der Waals surface area contributed by atoms with Gasteiger partial charge in [0.15, 0.2) is 0 Å². The molecule has 1 saturated heterocycles. The minimum atomic E-state index is -0.299. The molecule has 0 aromatic heterocycles. The topological polar surface area (TPSA) is 29.3 Å². The van der Waals surface area contributed by atoms with Gasteiger partial charge in [-0.25, -0.2) is 4.39 Å². The van der Waals surface area contributed by atoms with Gasteiger partial charge in [0, 0.05) is 17.6 Å². The Morgan fingerprint density at radius 1 is 1.53 bits per heavy atom. The third-order valence-corrected chi connectivity index (χ3v) is 3.67. The van der Waals surface area contributed by atoms with Crippen molar-refractivity contribution in [1.82, 2.24) is 4.90 Å². The van der Waals surface area contributed by atoms with Crippen LogP contribution in [0, 0.1) is 5.82 Å². The molecule has 1 aliphatic rings. The van der Waals surface area contributed by atoms with E-state index in [4.69, 9.17) is 17.3 Å². The summed E-state index contributed by atoms with van der Waals surface area (Å²) in [6.07, 6.45) is 2.06. The van der Waals surface area contributed by atoms with Gasteiger partial charge in [0.05, 0.1) is 6.04 Å². The molecule has 0 saturated carbocycles. The average molecular weight is 257 g/mol. The van der Waals surface area contributed by atoms with Crippen molar-refractivity contribution in [1.29, 1.82) is 0 Å². The van der Waals surface area contributed by atoms with Crippen LogP contribution in [-0.4, -0.2) is 24.0 Å². The van der Waals surface area contributed by atoms with Crippen molar-refractivity contribution in [2.45, 2.75) is 31.8 Å². The summed E-state index contributed by atoms with van der Waals surface area (Å²) in [5.74, 6) is -0.299. The van der Waals surface area contributed by atoms with Crippen molar-refractivity contribution in [2.75, 3.05) is 13.1 Å². The molecule has 1 heterocycles. The zero-order valence-electron chi connectivity index (χ0n) is 10.00. The standard InChI is InChI=1S/C13H18ClFN2/c1-2-6-17-7-5-12(16)13(17)10-4-3-9(15)8-11(10)14/h3-4,8,12-13H,2,5-7,16H2,1H3. The lowest BCUT2D eigenvalue weighted by molar-refractivity contribution is 0.248. The van der Waals surface area contributed by atoms with Crippen LogP contribution in [-0.2, 0) is 0 Å². The highest BCUT2D eigenvalue weighted by atomic mass is 35.5. The van der Waals surface area contributed by atoms with E-state index in [0.717, 1.165) is 31.5 Å². The van der Waals surface area contributed by atoms with Gasteiger partial charge >= 0.3 is 0 Å². The molecular formula is C13H18ClFN2. The maximum atomic E-state index is 13.0. The van der Waals surface area contributed by atoms with Crippen molar-refractivity contribution in [3.05, 3.63) is 34.6 Å². The molecule has 1 fully saturated rings. The second kappa shape index (κ2) is 5.34. The van der Waals surface area contributed by atoms with Gasteiger partial charge in [-0.2, -0.15) is 0 Å². The van der Waals surface area contributed by atoms with Crippen LogP contribution in [0.3, 0.4) is 0 Å². The van der Waals surface area contributed by atoms with Crippen LogP contribution in [0.25, 0.3) is 0 Å². The molecule has 1 aromatic rings. The zero-order chi connectivity index (χ0) is 12.4. The van der Waals surface area contributed by atoms with Crippen LogP contribution in [0.15, 0.2) is 18.2 Å². The van der Waals surface area contributed by atoms with E-state index in [-0.39, 0.29) is 17.9 Å². The van der Waals surface area contributed by atoms with E-state index >= 15 is 0 Å². The summed E-state index contributed by atoms with van der Waals surface area (Å²) in [5, 5.41) is 0.480. The SMILES string of the molecule is CCCN1CCC(N)C1c1ccc(F)cc1Cl. The van der Waals surface area contributed by atoms with Crippen molar-refractivity contribution < 1.29 is 4.39 Å². The number of nitrogens with zero attached hydrogens (tertiary/aromatic N) is 1. The molecule has 2 rings (SSSR count). The molecule has 0 radical (unpaired) electrons.